The second-order valence-corrected chi connectivity index (χ2v) is 5.31. The zero-order valence-corrected chi connectivity index (χ0v) is 12.5. The van der Waals surface area contributed by atoms with Gasteiger partial charge in [0.15, 0.2) is 0 Å². The third-order valence-electron chi connectivity index (χ3n) is 3.16. The Morgan fingerprint density at radius 3 is 2.62 bits per heavy atom. The summed E-state index contributed by atoms with van der Waals surface area (Å²) in [6.07, 6.45) is 0. The Hall–Kier alpha value is -2.54. The topological polar surface area (TPSA) is 55.0 Å². The molecule has 0 bridgehead atoms. The molecule has 108 valence electrons. The summed E-state index contributed by atoms with van der Waals surface area (Å²) in [7, 11) is 1.66. The average Bonchev–Trinajstić information content (AvgIpc) is 2.48. The van der Waals surface area contributed by atoms with Crippen LogP contribution in [0.5, 0.6) is 5.75 Å². The van der Waals surface area contributed by atoms with Crippen LogP contribution < -0.4 is 10.3 Å². The number of nitriles is 1. The quantitative estimate of drug-likeness (QED) is 0.866. The van der Waals surface area contributed by atoms with Crippen LogP contribution in [0.3, 0.4) is 0 Å². The highest BCUT2D eigenvalue weighted by Crippen LogP contribution is 2.29. The van der Waals surface area contributed by atoms with Gasteiger partial charge in [0.1, 0.15) is 17.4 Å². The van der Waals surface area contributed by atoms with E-state index in [1.807, 2.05) is 30.3 Å². The number of hydrogen-bond donors (Lipinski definition) is 0. The maximum atomic E-state index is 12.1. The predicted octanol–water partition coefficient (Wildman–Crippen LogP) is 2.96. The monoisotopic (exact) mass is 282 g/mol. The minimum atomic E-state index is -0.298. The molecule has 1 aromatic carbocycles. The van der Waals surface area contributed by atoms with Crippen LogP contribution >= 0.6 is 0 Å². The smallest absolute Gasteiger partial charge is 0.268 e. The second-order valence-electron chi connectivity index (χ2n) is 5.31. The highest BCUT2D eigenvalue weighted by molar-refractivity contribution is 5.67. The number of hydrogen-bond acceptors (Lipinski definition) is 3. The minimum Gasteiger partial charge on any atom is -0.493 e. The lowest BCUT2D eigenvalue weighted by Gasteiger charge is -2.15. The molecule has 0 radical (unpaired) electrons. The van der Waals surface area contributed by atoms with Crippen LogP contribution in [-0.4, -0.2) is 11.2 Å². The molecule has 4 heteroatoms. The van der Waals surface area contributed by atoms with Crippen molar-refractivity contribution in [2.24, 2.45) is 13.0 Å². The lowest BCUT2D eigenvalue weighted by Crippen LogP contribution is -2.21. The first kappa shape index (κ1) is 14.9. The van der Waals surface area contributed by atoms with Crippen LogP contribution in [0.1, 0.15) is 19.4 Å². The van der Waals surface area contributed by atoms with Gasteiger partial charge in [-0.25, -0.2) is 0 Å². The van der Waals surface area contributed by atoms with Crippen molar-refractivity contribution in [3.63, 3.8) is 0 Å². The molecule has 0 unspecified atom stereocenters. The Kier molecular flexibility index (Phi) is 4.44. The summed E-state index contributed by atoms with van der Waals surface area (Å²) in [6.45, 7) is 4.78. The number of para-hydroxylation sites is 1. The first-order chi connectivity index (χ1) is 10.0. The summed E-state index contributed by atoms with van der Waals surface area (Å²) < 4.78 is 7.31. The fourth-order valence-electron chi connectivity index (χ4n) is 2.05. The summed E-state index contributed by atoms with van der Waals surface area (Å²) in [4.78, 5) is 12.1. The van der Waals surface area contributed by atoms with Gasteiger partial charge < -0.3 is 9.30 Å². The van der Waals surface area contributed by atoms with Crippen LogP contribution in [-0.2, 0) is 7.05 Å². The van der Waals surface area contributed by atoms with Crippen molar-refractivity contribution in [2.75, 3.05) is 6.61 Å². The van der Waals surface area contributed by atoms with Gasteiger partial charge >= 0.3 is 0 Å². The lowest BCUT2D eigenvalue weighted by atomic mass is 10.1. The zero-order valence-electron chi connectivity index (χ0n) is 12.5. The van der Waals surface area contributed by atoms with Gasteiger partial charge in [-0.05, 0) is 30.2 Å². The minimum absolute atomic E-state index is 0.141. The fourth-order valence-corrected chi connectivity index (χ4v) is 2.05. The van der Waals surface area contributed by atoms with Gasteiger partial charge in [-0.15, -0.1) is 0 Å². The molecule has 0 N–H and O–H groups in total. The highest BCUT2D eigenvalue weighted by Gasteiger charge is 2.12. The molecule has 1 aromatic heterocycles. The number of pyridine rings is 1. The standard InChI is InChI=1S/C17H18N2O2/c1-12(2)11-21-16-7-5-4-6-14(16)15-9-8-13(10-18)17(20)19(15)3/h4-9,12H,11H2,1-3H3. The number of rotatable bonds is 4. The summed E-state index contributed by atoms with van der Waals surface area (Å²) in [5, 5.41) is 8.92. The largest absolute Gasteiger partial charge is 0.493 e. The van der Waals surface area contributed by atoms with Crippen molar-refractivity contribution in [1.29, 1.82) is 5.26 Å². The van der Waals surface area contributed by atoms with Crippen molar-refractivity contribution in [3.05, 3.63) is 52.3 Å². The van der Waals surface area contributed by atoms with E-state index in [4.69, 9.17) is 10.00 Å². The average molecular weight is 282 g/mol. The van der Waals surface area contributed by atoms with Crippen molar-refractivity contribution < 1.29 is 4.74 Å². The Morgan fingerprint density at radius 1 is 1.24 bits per heavy atom. The van der Waals surface area contributed by atoms with Gasteiger partial charge in [-0.2, -0.15) is 5.26 Å². The van der Waals surface area contributed by atoms with Gasteiger partial charge in [0.25, 0.3) is 5.56 Å². The van der Waals surface area contributed by atoms with Gasteiger partial charge in [-0.1, -0.05) is 26.0 Å². The third kappa shape index (κ3) is 3.14. The third-order valence-corrected chi connectivity index (χ3v) is 3.16. The molecule has 0 saturated heterocycles. The van der Waals surface area contributed by atoms with Gasteiger partial charge in [0, 0.05) is 12.6 Å². The Labute approximate surface area is 124 Å². The highest BCUT2D eigenvalue weighted by atomic mass is 16.5. The molecule has 1 heterocycles. The van der Waals surface area contributed by atoms with Crippen molar-refractivity contribution in [2.45, 2.75) is 13.8 Å². The molecule has 0 aliphatic rings. The van der Waals surface area contributed by atoms with E-state index in [9.17, 15) is 4.79 Å². The van der Waals surface area contributed by atoms with E-state index < -0.39 is 0 Å². The Morgan fingerprint density at radius 2 is 1.95 bits per heavy atom. The van der Waals surface area contributed by atoms with E-state index in [1.54, 1.807) is 19.2 Å². The Balaban J connectivity index is 2.51. The van der Waals surface area contributed by atoms with Crippen molar-refractivity contribution >= 4 is 0 Å². The summed E-state index contributed by atoms with van der Waals surface area (Å²) in [5.41, 5.74) is 1.43. The molecule has 0 atom stereocenters. The fraction of sp³-hybridized carbons (Fsp3) is 0.294. The normalized spacial score (nSPS) is 10.4. The van der Waals surface area contributed by atoms with E-state index in [1.165, 1.54) is 4.57 Å². The van der Waals surface area contributed by atoms with Crippen LogP contribution in [0.25, 0.3) is 11.3 Å². The summed E-state index contributed by atoms with van der Waals surface area (Å²) >= 11 is 0. The molecule has 2 rings (SSSR count). The molecule has 0 amide bonds. The number of benzene rings is 1. The number of ether oxygens (including phenoxy) is 1. The molecule has 2 aromatic rings. The van der Waals surface area contributed by atoms with Crippen molar-refractivity contribution in [1.82, 2.24) is 4.57 Å². The molecule has 0 aliphatic carbocycles. The zero-order chi connectivity index (χ0) is 15.4. The molecular weight excluding hydrogens is 264 g/mol. The number of aromatic nitrogens is 1. The van der Waals surface area contributed by atoms with Crippen LogP contribution in [0.2, 0.25) is 0 Å². The molecule has 0 fully saturated rings. The lowest BCUT2D eigenvalue weighted by molar-refractivity contribution is 0.272. The van der Waals surface area contributed by atoms with Crippen LogP contribution in [0, 0.1) is 17.2 Å². The van der Waals surface area contributed by atoms with Gasteiger partial charge in [-0.3, -0.25) is 4.79 Å². The van der Waals surface area contributed by atoms with Crippen molar-refractivity contribution in [3.8, 4) is 23.1 Å². The van der Waals surface area contributed by atoms with Crippen LogP contribution in [0.4, 0.5) is 0 Å². The summed E-state index contributed by atoms with van der Waals surface area (Å²) in [6, 6.07) is 12.8. The van der Waals surface area contributed by atoms with E-state index in [0.29, 0.717) is 12.5 Å². The van der Waals surface area contributed by atoms with E-state index >= 15 is 0 Å². The second kappa shape index (κ2) is 6.27. The van der Waals surface area contributed by atoms with E-state index in [0.717, 1.165) is 17.0 Å². The maximum absolute atomic E-state index is 12.1. The van der Waals surface area contributed by atoms with Crippen LogP contribution in [0.15, 0.2) is 41.2 Å². The maximum Gasteiger partial charge on any atom is 0.268 e. The molecule has 0 saturated carbocycles. The molecule has 4 nitrogen and oxygen atoms in total. The molecule has 21 heavy (non-hydrogen) atoms. The van der Waals surface area contributed by atoms with Gasteiger partial charge in [0.05, 0.1) is 12.3 Å². The molecule has 0 spiro atoms. The predicted molar refractivity (Wildman–Crippen MR) is 82.2 cm³/mol. The van der Waals surface area contributed by atoms with E-state index in [-0.39, 0.29) is 11.1 Å². The Bertz CT molecular complexity index is 739. The molecule has 0 aliphatic heterocycles. The summed E-state index contributed by atoms with van der Waals surface area (Å²) in [5.74, 6) is 1.16. The number of nitrogens with zero attached hydrogens (tertiary/aromatic N) is 2. The SMILES string of the molecule is CC(C)COc1ccccc1-c1ccc(C#N)c(=O)n1C. The van der Waals surface area contributed by atoms with E-state index in [2.05, 4.69) is 13.8 Å². The first-order valence-electron chi connectivity index (χ1n) is 6.87. The first-order valence-corrected chi connectivity index (χ1v) is 6.87. The molecular formula is C17H18N2O2. The van der Waals surface area contributed by atoms with Gasteiger partial charge in [0.2, 0.25) is 0 Å².